The number of nitriles is 1. The second-order valence-electron chi connectivity index (χ2n) is 3.24. The van der Waals surface area contributed by atoms with Gasteiger partial charge in [0.2, 0.25) is 0 Å². The molecule has 0 saturated heterocycles. The summed E-state index contributed by atoms with van der Waals surface area (Å²) in [6.07, 6.45) is 0.530. The zero-order valence-corrected chi connectivity index (χ0v) is 9.16. The van der Waals surface area contributed by atoms with Crippen molar-refractivity contribution in [2.24, 2.45) is 0 Å². The van der Waals surface area contributed by atoms with Gasteiger partial charge in [0.1, 0.15) is 11.6 Å². The molecule has 1 aromatic heterocycles. The van der Waals surface area contributed by atoms with E-state index < -0.39 is 5.82 Å². The van der Waals surface area contributed by atoms with Gasteiger partial charge >= 0.3 is 0 Å². The van der Waals surface area contributed by atoms with Gasteiger partial charge in [-0.3, -0.25) is 4.79 Å². The highest BCUT2D eigenvalue weighted by Crippen LogP contribution is 2.29. The van der Waals surface area contributed by atoms with Crippen LogP contribution in [0.1, 0.15) is 16.1 Å². The second kappa shape index (κ2) is 4.40. The van der Waals surface area contributed by atoms with E-state index in [2.05, 4.69) is 0 Å². The molecule has 0 radical (unpaired) electrons. The number of aldehydes is 1. The maximum Gasteiger partial charge on any atom is 0.185 e. The third kappa shape index (κ3) is 2.05. The fourth-order valence-corrected chi connectivity index (χ4v) is 1.57. The molecule has 1 aromatic carbocycles. The first kappa shape index (κ1) is 11.4. The summed E-state index contributed by atoms with van der Waals surface area (Å²) < 4.78 is 18.4. The first-order valence-corrected chi connectivity index (χ1v) is 4.98. The van der Waals surface area contributed by atoms with Crippen LogP contribution < -0.4 is 0 Å². The summed E-state index contributed by atoms with van der Waals surface area (Å²) in [4.78, 5) is 10.5. The van der Waals surface area contributed by atoms with E-state index in [4.69, 9.17) is 21.3 Å². The first-order valence-electron chi connectivity index (χ1n) is 4.60. The molecule has 0 aliphatic carbocycles. The van der Waals surface area contributed by atoms with Crippen LogP contribution in [0.2, 0.25) is 5.02 Å². The lowest BCUT2D eigenvalue weighted by Gasteiger charge is -2.02. The van der Waals surface area contributed by atoms with E-state index in [0.29, 0.717) is 6.29 Å². The van der Waals surface area contributed by atoms with E-state index in [1.54, 1.807) is 0 Å². The molecule has 0 spiro atoms. The Balaban J connectivity index is 2.62. The van der Waals surface area contributed by atoms with E-state index in [0.717, 1.165) is 6.07 Å². The van der Waals surface area contributed by atoms with Gasteiger partial charge in [0, 0.05) is 5.56 Å². The van der Waals surface area contributed by atoms with Gasteiger partial charge in [-0.25, -0.2) is 4.39 Å². The van der Waals surface area contributed by atoms with E-state index in [9.17, 15) is 9.18 Å². The normalized spacial score (nSPS) is 9.94. The standard InChI is InChI=1S/C12H5ClFNO2/c13-10-3-7(5-15)9(4-11(10)14)12-2-1-8(6-16)17-12/h1-4,6H. The van der Waals surface area contributed by atoms with Crippen molar-refractivity contribution in [1.29, 1.82) is 5.26 Å². The Morgan fingerprint density at radius 2 is 2.18 bits per heavy atom. The van der Waals surface area contributed by atoms with Crippen LogP contribution in [0.5, 0.6) is 0 Å². The molecule has 0 saturated carbocycles. The fraction of sp³-hybridized carbons (Fsp3) is 0. The number of carbonyl (C=O) groups excluding carboxylic acids is 1. The van der Waals surface area contributed by atoms with Gasteiger partial charge in [0.25, 0.3) is 0 Å². The van der Waals surface area contributed by atoms with E-state index in [1.165, 1.54) is 18.2 Å². The van der Waals surface area contributed by atoms with Crippen molar-refractivity contribution < 1.29 is 13.6 Å². The summed E-state index contributed by atoms with van der Waals surface area (Å²) in [6.45, 7) is 0. The van der Waals surface area contributed by atoms with Crippen molar-refractivity contribution in [2.45, 2.75) is 0 Å². The Labute approximate surface area is 101 Å². The van der Waals surface area contributed by atoms with Gasteiger partial charge in [-0.2, -0.15) is 5.26 Å². The zero-order chi connectivity index (χ0) is 12.4. The van der Waals surface area contributed by atoms with Gasteiger partial charge in [-0.1, -0.05) is 11.6 Å². The molecule has 0 atom stereocenters. The zero-order valence-electron chi connectivity index (χ0n) is 8.41. The summed E-state index contributed by atoms with van der Waals surface area (Å²) in [7, 11) is 0. The number of nitrogens with zero attached hydrogens (tertiary/aromatic N) is 1. The van der Waals surface area contributed by atoms with E-state index in [-0.39, 0.29) is 27.7 Å². The molecular formula is C12H5ClFNO2. The Kier molecular flexibility index (Phi) is 2.94. The Hall–Kier alpha value is -2.12. The molecule has 5 heteroatoms. The van der Waals surface area contributed by atoms with Crippen molar-refractivity contribution in [3.05, 3.63) is 46.4 Å². The Morgan fingerprint density at radius 1 is 1.41 bits per heavy atom. The first-order chi connectivity index (χ1) is 8.15. The molecule has 0 N–H and O–H groups in total. The summed E-state index contributed by atoms with van der Waals surface area (Å²) in [5.74, 6) is -0.289. The van der Waals surface area contributed by atoms with Crippen LogP contribution in [0, 0.1) is 17.1 Å². The highest BCUT2D eigenvalue weighted by atomic mass is 35.5. The molecule has 0 aliphatic heterocycles. The Bertz CT molecular complexity index is 628. The van der Waals surface area contributed by atoms with Crippen LogP contribution in [-0.4, -0.2) is 6.29 Å². The lowest BCUT2D eigenvalue weighted by molar-refractivity contribution is 0.110. The smallest absolute Gasteiger partial charge is 0.185 e. The van der Waals surface area contributed by atoms with Crippen molar-refractivity contribution in [3.8, 4) is 17.4 Å². The topological polar surface area (TPSA) is 54.0 Å². The van der Waals surface area contributed by atoms with Crippen LogP contribution in [0.25, 0.3) is 11.3 Å². The maximum absolute atomic E-state index is 13.3. The highest BCUT2D eigenvalue weighted by Gasteiger charge is 2.13. The third-order valence-corrected chi connectivity index (χ3v) is 2.48. The average Bonchev–Trinajstić information content (AvgIpc) is 2.80. The SMILES string of the molecule is N#Cc1cc(Cl)c(F)cc1-c1ccc(C=O)o1. The molecule has 84 valence electrons. The molecule has 17 heavy (non-hydrogen) atoms. The van der Waals surface area contributed by atoms with E-state index >= 15 is 0 Å². The van der Waals surface area contributed by atoms with E-state index in [1.807, 2.05) is 6.07 Å². The predicted octanol–water partition coefficient (Wildman–Crippen LogP) is 3.42. The lowest BCUT2D eigenvalue weighted by atomic mass is 10.1. The van der Waals surface area contributed by atoms with Crippen LogP contribution in [0.3, 0.4) is 0 Å². The van der Waals surface area contributed by atoms with Crippen LogP contribution in [0.4, 0.5) is 4.39 Å². The molecule has 0 fully saturated rings. The molecule has 2 rings (SSSR count). The number of furan rings is 1. The van der Waals surface area contributed by atoms with Crippen LogP contribution >= 0.6 is 11.6 Å². The predicted molar refractivity (Wildman–Crippen MR) is 59.2 cm³/mol. The molecule has 2 aromatic rings. The molecular weight excluding hydrogens is 245 g/mol. The second-order valence-corrected chi connectivity index (χ2v) is 3.65. The fourth-order valence-electron chi connectivity index (χ4n) is 1.40. The van der Waals surface area contributed by atoms with Crippen molar-refractivity contribution in [1.82, 2.24) is 0 Å². The number of hydrogen-bond acceptors (Lipinski definition) is 3. The molecule has 0 bridgehead atoms. The largest absolute Gasteiger partial charge is 0.453 e. The van der Waals surface area contributed by atoms with Gasteiger partial charge in [-0.15, -0.1) is 0 Å². The molecule has 0 amide bonds. The van der Waals surface area contributed by atoms with Gasteiger partial charge in [-0.05, 0) is 24.3 Å². The van der Waals surface area contributed by atoms with Gasteiger partial charge in [0.05, 0.1) is 16.7 Å². The van der Waals surface area contributed by atoms with Crippen LogP contribution in [0.15, 0.2) is 28.7 Å². The summed E-state index contributed by atoms with van der Waals surface area (Å²) in [5, 5.41) is 8.78. The number of rotatable bonds is 2. The third-order valence-electron chi connectivity index (χ3n) is 2.19. The lowest BCUT2D eigenvalue weighted by Crippen LogP contribution is -1.86. The minimum absolute atomic E-state index is 0.110. The van der Waals surface area contributed by atoms with Crippen LogP contribution in [-0.2, 0) is 0 Å². The number of hydrogen-bond donors (Lipinski definition) is 0. The minimum Gasteiger partial charge on any atom is -0.453 e. The molecule has 0 aliphatic rings. The average molecular weight is 250 g/mol. The number of carbonyl (C=O) groups is 1. The van der Waals surface area contributed by atoms with Crippen molar-refractivity contribution in [2.75, 3.05) is 0 Å². The molecule has 1 heterocycles. The molecule has 0 unspecified atom stereocenters. The summed E-state index contributed by atoms with van der Waals surface area (Å²) >= 11 is 5.57. The summed E-state index contributed by atoms with van der Waals surface area (Å²) in [6, 6.07) is 7.15. The quantitative estimate of drug-likeness (QED) is 0.766. The van der Waals surface area contributed by atoms with Gasteiger partial charge in [0.15, 0.2) is 12.0 Å². The molecule has 3 nitrogen and oxygen atoms in total. The maximum atomic E-state index is 13.3. The highest BCUT2D eigenvalue weighted by molar-refractivity contribution is 6.31. The van der Waals surface area contributed by atoms with Gasteiger partial charge < -0.3 is 4.42 Å². The van der Waals surface area contributed by atoms with Crippen molar-refractivity contribution >= 4 is 17.9 Å². The number of benzene rings is 1. The number of halogens is 2. The summed E-state index contributed by atoms with van der Waals surface area (Å²) in [5.41, 5.74) is 0.450. The monoisotopic (exact) mass is 249 g/mol. The Morgan fingerprint density at radius 3 is 2.76 bits per heavy atom. The minimum atomic E-state index is -0.648. The van der Waals surface area contributed by atoms with Crippen molar-refractivity contribution in [3.63, 3.8) is 0 Å².